The van der Waals surface area contributed by atoms with Gasteiger partial charge in [-0.3, -0.25) is 9.78 Å². The van der Waals surface area contributed by atoms with Crippen molar-refractivity contribution in [1.29, 1.82) is 0 Å². The van der Waals surface area contributed by atoms with E-state index in [9.17, 15) is 9.90 Å². The molecule has 0 radical (unpaired) electrons. The summed E-state index contributed by atoms with van der Waals surface area (Å²) in [6.45, 7) is 1.98. The van der Waals surface area contributed by atoms with Crippen LogP contribution < -0.4 is 4.74 Å². The lowest BCUT2D eigenvalue weighted by molar-refractivity contribution is -0.138. The maximum absolute atomic E-state index is 11.6. The zero-order valence-electron chi connectivity index (χ0n) is 11.5. The van der Waals surface area contributed by atoms with Crippen molar-refractivity contribution in [3.8, 4) is 5.75 Å². The predicted octanol–water partition coefficient (Wildman–Crippen LogP) is 2.81. The number of hydrogen-bond donors (Lipinski definition) is 1. The summed E-state index contributed by atoms with van der Waals surface area (Å²) >= 11 is 0. The number of methoxy groups -OCH3 is 1. The number of carbonyl (C=O) groups is 1. The molecular formula is C16H17NO3. The van der Waals surface area contributed by atoms with Gasteiger partial charge in [-0.1, -0.05) is 24.3 Å². The molecule has 0 aliphatic rings. The lowest BCUT2D eigenvalue weighted by atomic mass is 9.93. The van der Waals surface area contributed by atoms with Crippen molar-refractivity contribution >= 4 is 5.97 Å². The second-order valence-electron chi connectivity index (χ2n) is 4.61. The molecule has 0 saturated carbocycles. The fourth-order valence-corrected chi connectivity index (χ4v) is 2.20. The van der Waals surface area contributed by atoms with E-state index in [0.717, 1.165) is 11.1 Å². The SMILES string of the molecule is COc1cccnc1C(Cc1ccccc1C)C(=O)O. The van der Waals surface area contributed by atoms with Crippen LogP contribution in [0.25, 0.3) is 0 Å². The molecule has 20 heavy (non-hydrogen) atoms. The second kappa shape index (κ2) is 6.19. The third-order valence-corrected chi connectivity index (χ3v) is 3.33. The van der Waals surface area contributed by atoms with Gasteiger partial charge in [-0.05, 0) is 36.6 Å². The molecule has 4 heteroatoms. The van der Waals surface area contributed by atoms with Crippen molar-refractivity contribution in [3.63, 3.8) is 0 Å². The Morgan fingerprint density at radius 3 is 2.70 bits per heavy atom. The number of ether oxygens (including phenoxy) is 1. The van der Waals surface area contributed by atoms with Crippen LogP contribution in [-0.2, 0) is 11.2 Å². The average Bonchev–Trinajstić information content (AvgIpc) is 2.46. The smallest absolute Gasteiger partial charge is 0.313 e. The first kappa shape index (κ1) is 14.1. The van der Waals surface area contributed by atoms with E-state index in [-0.39, 0.29) is 0 Å². The van der Waals surface area contributed by atoms with Gasteiger partial charge in [0.05, 0.1) is 12.8 Å². The molecule has 0 aliphatic carbocycles. The summed E-state index contributed by atoms with van der Waals surface area (Å²) in [7, 11) is 1.52. The molecule has 4 nitrogen and oxygen atoms in total. The van der Waals surface area contributed by atoms with Gasteiger partial charge >= 0.3 is 5.97 Å². The van der Waals surface area contributed by atoms with Crippen molar-refractivity contribution in [2.24, 2.45) is 0 Å². The molecule has 104 valence electrons. The lowest BCUT2D eigenvalue weighted by Crippen LogP contribution is -2.17. The lowest BCUT2D eigenvalue weighted by Gasteiger charge is -2.16. The molecule has 2 aromatic rings. The number of aromatic nitrogens is 1. The van der Waals surface area contributed by atoms with Gasteiger partial charge in [-0.2, -0.15) is 0 Å². The molecule has 1 aromatic carbocycles. The molecule has 0 aliphatic heterocycles. The molecule has 0 spiro atoms. The van der Waals surface area contributed by atoms with Gasteiger partial charge < -0.3 is 9.84 Å². The number of carboxylic acids is 1. The molecule has 1 heterocycles. The summed E-state index contributed by atoms with van der Waals surface area (Å²) in [5.74, 6) is -1.11. The van der Waals surface area contributed by atoms with Crippen LogP contribution in [0.3, 0.4) is 0 Å². The Morgan fingerprint density at radius 1 is 1.30 bits per heavy atom. The van der Waals surface area contributed by atoms with E-state index in [2.05, 4.69) is 4.98 Å². The van der Waals surface area contributed by atoms with Crippen molar-refractivity contribution in [2.75, 3.05) is 7.11 Å². The summed E-state index contributed by atoms with van der Waals surface area (Å²) < 4.78 is 5.22. The van der Waals surface area contributed by atoms with Gasteiger partial charge in [0.25, 0.3) is 0 Å². The third-order valence-electron chi connectivity index (χ3n) is 3.33. The van der Waals surface area contributed by atoms with Crippen molar-refractivity contribution < 1.29 is 14.6 Å². The first-order valence-corrected chi connectivity index (χ1v) is 6.39. The molecule has 2 rings (SSSR count). The average molecular weight is 271 g/mol. The first-order chi connectivity index (χ1) is 9.63. The van der Waals surface area contributed by atoms with Crippen LogP contribution in [0.2, 0.25) is 0 Å². The summed E-state index contributed by atoms with van der Waals surface area (Å²) in [6.07, 6.45) is 1.99. The highest BCUT2D eigenvalue weighted by molar-refractivity contribution is 5.77. The summed E-state index contributed by atoms with van der Waals surface area (Å²) in [4.78, 5) is 15.8. The minimum absolute atomic E-state index is 0.398. The van der Waals surface area contributed by atoms with Gasteiger partial charge in [0.15, 0.2) is 0 Å². The largest absolute Gasteiger partial charge is 0.495 e. The number of carboxylic acid groups (broad SMARTS) is 1. The Bertz CT molecular complexity index is 610. The van der Waals surface area contributed by atoms with Crippen molar-refractivity contribution in [3.05, 3.63) is 59.4 Å². The minimum Gasteiger partial charge on any atom is -0.495 e. The van der Waals surface area contributed by atoms with E-state index in [1.807, 2.05) is 31.2 Å². The van der Waals surface area contributed by atoms with Crippen LogP contribution in [0.5, 0.6) is 5.75 Å². The maximum atomic E-state index is 11.6. The first-order valence-electron chi connectivity index (χ1n) is 6.39. The van der Waals surface area contributed by atoms with Crippen LogP contribution in [0, 0.1) is 6.92 Å². The van der Waals surface area contributed by atoms with Gasteiger partial charge in [-0.15, -0.1) is 0 Å². The van der Waals surface area contributed by atoms with Gasteiger partial charge in [0.2, 0.25) is 0 Å². The van der Waals surface area contributed by atoms with Crippen LogP contribution in [-0.4, -0.2) is 23.2 Å². The Kier molecular flexibility index (Phi) is 4.35. The van der Waals surface area contributed by atoms with Gasteiger partial charge in [-0.25, -0.2) is 0 Å². The molecule has 0 fully saturated rings. The monoisotopic (exact) mass is 271 g/mol. The molecule has 0 amide bonds. The van der Waals surface area contributed by atoms with Crippen molar-refractivity contribution in [1.82, 2.24) is 4.98 Å². The molecule has 1 unspecified atom stereocenters. The topological polar surface area (TPSA) is 59.4 Å². The van der Waals surface area contributed by atoms with E-state index < -0.39 is 11.9 Å². The molecule has 0 saturated heterocycles. The highest BCUT2D eigenvalue weighted by Gasteiger charge is 2.25. The minimum atomic E-state index is -0.898. The molecule has 1 aromatic heterocycles. The van der Waals surface area contributed by atoms with Crippen LogP contribution in [0.1, 0.15) is 22.7 Å². The maximum Gasteiger partial charge on any atom is 0.313 e. The van der Waals surface area contributed by atoms with Crippen molar-refractivity contribution in [2.45, 2.75) is 19.3 Å². The number of aliphatic carboxylic acids is 1. The molecular weight excluding hydrogens is 254 g/mol. The Hall–Kier alpha value is -2.36. The van der Waals surface area contributed by atoms with E-state index in [4.69, 9.17) is 4.74 Å². The zero-order valence-corrected chi connectivity index (χ0v) is 11.5. The molecule has 1 N–H and O–H groups in total. The normalized spacial score (nSPS) is 11.9. The van der Waals surface area contributed by atoms with E-state index in [1.54, 1.807) is 18.3 Å². The van der Waals surface area contributed by atoms with Gasteiger partial charge in [0, 0.05) is 6.20 Å². The standard InChI is InChI=1S/C16H17NO3/c1-11-6-3-4-7-12(11)10-13(16(18)19)15-14(20-2)8-5-9-17-15/h3-9,13H,10H2,1-2H3,(H,18,19). The number of hydrogen-bond acceptors (Lipinski definition) is 3. The number of rotatable bonds is 5. The highest BCUT2D eigenvalue weighted by atomic mass is 16.5. The predicted molar refractivity (Wildman–Crippen MR) is 76.0 cm³/mol. The zero-order chi connectivity index (χ0) is 14.5. The van der Waals surface area contributed by atoms with Crippen LogP contribution >= 0.6 is 0 Å². The summed E-state index contributed by atoms with van der Waals surface area (Å²) in [5.41, 5.74) is 2.55. The van der Waals surface area contributed by atoms with Gasteiger partial charge in [0.1, 0.15) is 11.7 Å². The van der Waals surface area contributed by atoms with E-state index >= 15 is 0 Å². The summed E-state index contributed by atoms with van der Waals surface area (Å²) in [5, 5.41) is 9.50. The van der Waals surface area contributed by atoms with E-state index in [0.29, 0.717) is 17.9 Å². The number of aryl methyl sites for hydroxylation is 1. The third kappa shape index (κ3) is 2.96. The number of nitrogens with zero attached hydrogens (tertiary/aromatic N) is 1. The molecule has 0 bridgehead atoms. The Morgan fingerprint density at radius 2 is 2.05 bits per heavy atom. The Balaban J connectivity index is 2.37. The van der Waals surface area contributed by atoms with E-state index in [1.165, 1.54) is 7.11 Å². The van der Waals surface area contributed by atoms with Crippen LogP contribution in [0.4, 0.5) is 0 Å². The quantitative estimate of drug-likeness (QED) is 0.908. The fraction of sp³-hybridized carbons (Fsp3) is 0.250. The fourth-order valence-electron chi connectivity index (χ4n) is 2.20. The Labute approximate surface area is 118 Å². The highest BCUT2D eigenvalue weighted by Crippen LogP contribution is 2.28. The molecule has 1 atom stereocenters. The second-order valence-corrected chi connectivity index (χ2v) is 4.61. The summed E-state index contributed by atoms with van der Waals surface area (Å²) in [6, 6.07) is 11.2. The van der Waals surface area contributed by atoms with Crippen LogP contribution in [0.15, 0.2) is 42.6 Å². The number of benzene rings is 1. The number of pyridine rings is 1.